The first-order chi connectivity index (χ1) is 9.61. The molecule has 0 atom stereocenters. The Morgan fingerprint density at radius 3 is 2.40 bits per heavy atom. The first kappa shape index (κ1) is 15.0. The van der Waals surface area contributed by atoms with Crippen LogP contribution in [-0.2, 0) is 12.8 Å². The summed E-state index contributed by atoms with van der Waals surface area (Å²) in [7, 11) is 1.89. The molecule has 1 aromatic carbocycles. The maximum absolute atomic E-state index is 4.70. The number of rotatable bonds is 5. The van der Waals surface area contributed by atoms with E-state index >= 15 is 0 Å². The normalized spacial score (nSPS) is 10.8. The zero-order valence-corrected chi connectivity index (χ0v) is 13.7. The number of aromatic nitrogens is 2. The predicted octanol–water partition coefficient (Wildman–Crippen LogP) is 4.19. The van der Waals surface area contributed by atoms with Crippen molar-refractivity contribution in [1.29, 1.82) is 0 Å². The van der Waals surface area contributed by atoms with E-state index in [1.165, 1.54) is 5.56 Å². The largest absolute Gasteiger partial charge is 0.372 e. The van der Waals surface area contributed by atoms with Crippen LogP contribution in [0.15, 0.2) is 34.8 Å². The van der Waals surface area contributed by atoms with Crippen molar-refractivity contribution < 1.29 is 0 Å². The average molecular weight is 334 g/mol. The van der Waals surface area contributed by atoms with Gasteiger partial charge in [0, 0.05) is 13.5 Å². The molecule has 20 heavy (non-hydrogen) atoms. The van der Waals surface area contributed by atoms with Gasteiger partial charge in [0.15, 0.2) is 0 Å². The van der Waals surface area contributed by atoms with Crippen molar-refractivity contribution >= 4 is 21.7 Å². The van der Waals surface area contributed by atoms with Crippen LogP contribution in [0, 0.1) is 0 Å². The number of halogens is 1. The smallest absolute Gasteiger partial charge is 0.144 e. The predicted molar refractivity (Wildman–Crippen MR) is 87.2 cm³/mol. The highest BCUT2D eigenvalue weighted by Gasteiger charge is 2.14. The van der Waals surface area contributed by atoms with E-state index in [1.807, 2.05) is 13.1 Å². The number of nitrogens with zero attached hydrogens (tertiary/aromatic N) is 2. The summed E-state index contributed by atoms with van der Waals surface area (Å²) in [6.07, 6.45) is 1.81. The summed E-state index contributed by atoms with van der Waals surface area (Å²) in [5.74, 6) is 2.13. The third kappa shape index (κ3) is 3.57. The molecule has 0 saturated heterocycles. The van der Waals surface area contributed by atoms with Gasteiger partial charge in [-0.1, -0.05) is 44.2 Å². The quantitative estimate of drug-likeness (QED) is 0.891. The highest BCUT2D eigenvalue weighted by atomic mass is 79.9. The first-order valence-corrected chi connectivity index (χ1v) is 7.69. The van der Waals surface area contributed by atoms with Crippen molar-refractivity contribution in [3.05, 3.63) is 51.9 Å². The summed E-state index contributed by atoms with van der Waals surface area (Å²) in [5.41, 5.74) is 2.38. The molecule has 0 spiro atoms. The van der Waals surface area contributed by atoms with Gasteiger partial charge >= 0.3 is 0 Å². The molecule has 4 heteroatoms. The fourth-order valence-electron chi connectivity index (χ4n) is 2.07. The number of benzene rings is 1. The summed E-state index contributed by atoms with van der Waals surface area (Å²) < 4.78 is 0.971. The van der Waals surface area contributed by atoms with Crippen molar-refractivity contribution in [2.45, 2.75) is 32.6 Å². The van der Waals surface area contributed by atoms with Crippen LogP contribution in [0.2, 0.25) is 0 Å². The van der Waals surface area contributed by atoms with Crippen LogP contribution in [0.1, 0.15) is 36.8 Å². The summed E-state index contributed by atoms with van der Waals surface area (Å²) in [5, 5.41) is 3.13. The zero-order valence-electron chi connectivity index (χ0n) is 12.2. The molecule has 0 aliphatic heterocycles. The fourth-order valence-corrected chi connectivity index (χ4v) is 2.91. The third-order valence-electron chi connectivity index (χ3n) is 3.19. The van der Waals surface area contributed by atoms with Gasteiger partial charge in [0.05, 0.1) is 10.2 Å². The highest BCUT2D eigenvalue weighted by molar-refractivity contribution is 9.10. The van der Waals surface area contributed by atoms with E-state index in [4.69, 9.17) is 4.98 Å². The van der Waals surface area contributed by atoms with E-state index < -0.39 is 0 Å². The molecule has 0 unspecified atom stereocenters. The Balaban J connectivity index is 2.21. The Labute approximate surface area is 129 Å². The second-order valence-electron chi connectivity index (χ2n) is 5.08. The fraction of sp³-hybridized carbons (Fsp3) is 0.375. The molecular weight excluding hydrogens is 314 g/mol. The van der Waals surface area contributed by atoms with E-state index in [9.17, 15) is 0 Å². The molecule has 1 aromatic heterocycles. The van der Waals surface area contributed by atoms with E-state index in [2.05, 4.69) is 64.3 Å². The molecule has 2 aromatic rings. The number of anilines is 1. The molecule has 0 bridgehead atoms. The van der Waals surface area contributed by atoms with Gasteiger partial charge in [-0.15, -0.1) is 0 Å². The van der Waals surface area contributed by atoms with Crippen molar-refractivity contribution in [3.8, 4) is 0 Å². The van der Waals surface area contributed by atoms with Gasteiger partial charge in [-0.05, 0) is 33.8 Å². The Kier molecular flexibility index (Phi) is 5.12. The Morgan fingerprint density at radius 1 is 1.10 bits per heavy atom. The molecule has 0 saturated carbocycles. The van der Waals surface area contributed by atoms with Gasteiger partial charge in [0.1, 0.15) is 11.6 Å². The Bertz CT molecular complexity index is 567. The molecule has 0 fully saturated rings. The molecule has 0 aliphatic carbocycles. The number of hydrogen-bond donors (Lipinski definition) is 1. The molecule has 1 N–H and O–H groups in total. The van der Waals surface area contributed by atoms with Crippen molar-refractivity contribution in [2.75, 3.05) is 12.4 Å². The van der Waals surface area contributed by atoms with Crippen LogP contribution < -0.4 is 5.32 Å². The van der Waals surface area contributed by atoms with Crippen LogP contribution in [0.4, 0.5) is 5.82 Å². The lowest BCUT2D eigenvalue weighted by Crippen LogP contribution is -2.08. The van der Waals surface area contributed by atoms with Gasteiger partial charge in [0.25, 0.3) is 0 Å². The standard InChI is InChI=1S/C16H20BrN3/c1-11(2)15-14(17)16(18-3)20-13(19-15)10-9-12-7-5-4-6-8-12/h4-8,11H,9-10H2,1-3H3,(H,18,19,20). The van der Waals surface area contributed by atoms with Crippen LogP contribution in [-0.4, -0.2) is 17.0 Å². The molecule has 3 nitrogen and oxygen atoms in total. The number of nitrogens with one attached hydrogen (secondary N) is 1. The van der Waals surface area contributed by atoms with Gasteiger partial charge in [-0.3, -0.25) is 0 Å². The minimum absolute atomic E-state index is 0.370. The van der Waals surface area contributed by atoms with Crippen LogP contribution in [0.5, 0.6) is 0 Å². The minimum atomic E-state index is 0.370. The van der Waals surface area contributed by atoms with E-state index in [0.717, 1.165) is 34.7 Å². The highest BCUT2D eigenvalue weighted by Crippen LogP contribution is 2.28. The number of aryl methyl sites for hydroxylation is 2. The lowest BCUT2D eigenvalue weighted by atomic mass is 10.1. The van der Waals surface area contributed by atoms with Gasteiger partial charge in [-0.2, -0.15) is 0 Å². The first-order valence-electron chi connectivity index (χ1n) is 6.89. The van der Waals surface area contributed by atoms with Crippen LogP contribution in [0.25, 0.3) is 0 Å². The second-order valence-corrected chi connectivity index (χ2v) is 5.87. The van der Waals surface area contributed by atoms with E-state index in [1.54, 1.807) is 0 Å². The molecular formula is C16H20BrN3. The Morgan fingerprint density at radius 2 is 1.80 bits per heavy atom. The molecule has 0 aliphatic rings. The maximum Gasteiger partial charge on any atom is 0.144 e. The lowest BCUT2D eigenvalue weighted by molar-refractivity contribution is 0.766. The zero-order chi connectivity index (χ0) is 14.5. The Hall–Kier alpha value is -1.42. The second kappa shape index (κ2) is 6.84. The number of hydrogen-bond acceptors (Lipinski definition) is 3. The topological polar surface area (TPSA) is 37.8 Å². The van der Waals surface area contributed by atoms with E-state index in [0.29, 0.717) is 5.92 Å². The van der Waals surface area contributed by atoms with Crippen molar-refractivity contribution in [1.82, 2.24) is 9.97 Å². The monoisotopic (exact) mass is 333 g/mol. The third-order valence-corrected chi connectivity index (χ3v) is 3.97. The summed E-state index contributed by atoms with van der Waals surface area (Å²) in [6.45, 7) is 4.29. The summed E-state index contributed by atoms with van der Waals surface area (Å²) >= 11 is 3.58. The van der Waals surface area contributed by atoms with E-state index in [-0.39, 0.29) is 0 Å². The molecule has 2 rings (SSSR count). The van der Waals surface area contributed by atoms with Gasteiger partial charge in [0.2, 0.25) is 0 Å². The van der Waals surface area contributed by atoms with Crippen LogP contribution >= 0.6 is 15.9 Å². The van der Waals surface area contributed by atoms with Crippen molar-refractivity contribution in [2.24, 2.45) is 0 Å². The molecule has 0 radical (unpaired) electrons. The lowest BCUT2D eigenvalue weighted by Gasteiger charge is -2.13. The summed E-state index contributed by atoms with van der Waals surface area (Å²) in [6, 6.07) is 10.4. The summed E-state index contributed by atoms with van der Waals surface area (Å²) in [4.78, 5) is 9.28. The molecule has 0 amide bonds. The SMILES string of the molecule is CNc1nc(CCc2ccccc2)nc(C(C)C)c1Br. The van der Waals surface area contributed by atoms with Gasteiger partial charge < -0.3 is 5.32 Å². The minimum Gasteiger partial charge on any atom is -0.372 e. The maximum atomic E-state index is 4.70. The molecule has 1 heterocycles. The van der Waals surface area contributed by atoms with Crippen molar-refractivity contribution in [3.63, 3.8) is 0 Å². The average Bonchev–Trinajstić information content (AvgIpc) is 2.47. The molecule has 106 valence electrons. The van der Waals surface area contributed by atoms with Gasteiger partial charge in [-0.25, -0.2) is 9.97 Å². The van der Waals surface area contributed by atoms with Crippen LogP contribution in [0.3, 0.4) is 0 Å².